The van der Waals surface area contributed by atoms with Gasteiger partial charge in [-0.2, -0.15) is 0 Å². The van der Waals surface area contributed by atoms with Gasteiger partial charge >= 0.3 is 0 Å². The number of thiophene rings is 1. The molecule has 0 saturated heterocycles. The van der Waals surface area contributed by atoms with Crippen LogP contribution in [0.3, 0.4) is 0 Å². The molecule has 0 saturated carbocycles. The lowest BCUT2D eigenvalue weighted by Gasteiger charge is -2.12. The van der Waals surface area contributed by atoms with Crippen LogP contribution < -0.4 is 25.3 Å². The average molecular weight is 453 g/mol. The van der Waals surface area contributed by atoms with Crippen molar-refractivity contribution in [2.75, 3.05) is 26.6 Å². The summed E-state index contributed by atoms with van der Waals surface area (Å²) in [4.78, 5) is 25.7. The van der Waals surface area contributed by atoms with Gasteiger partial charge in [0.1, 0.15) is 5.00 Å². The molecule has 1 aromatic heterocycles. The second-order valence-electron chi connectivity index (χ2n) is 6.75. The van der Waals surface area contributed by atoms with Gasteiger partial charge in [0.25, 0.3) is 5.91 Å². The van der Waals surface area contributed by atoms with Crippen molar-refractivity contribution in [2.45, 2.75) is 6.92 Å². The first-order valence-corrected chi connectivity index (χ1v) is 10.5. The number of hydrogen-bond acceptors (Lipinski definition) is 6. The van der Waals surface area contributed by atoms with Crippen LogP contribution >= 0.6 is 11.3 Å². The lowest BCUT2D eigenvalue weighted by atomic mass is 10.0. The molecule has 8 heteroatoms. The smallest absolute Gasteiger partial charge is 0.252 e. The molecule has 0 radical (unpaired) electrons. The molecule has 3 N–H and O–H groups in total. The summed E-state index contributed by atoms with van der Waals surface area (Å²) in [6.07, 6.45) is 2.98. The standard InChI is InChI=1S/C24H24N2O5S/c1-14-20(16-8-6-5-7-9-16)21(23(25)28)24(32-14)26-19(27)11-10-15-12-17(29-2)22(31-4)18(13-15)30-3/h5-13H,1-4H3,(H2,25,28)(H,26,27)/b11-10+. The van der Waals surface area contributed by atoms with Gasteiger partial charge in [-0.1, -0.05) is 30.3 Å². The lowest BCUT2D eigenvalue weighted by molar-refractivity contribution is -0.111. The molecular formula is C24H24N2O5S. The molecule has 0 spiro atoms. The Morgan fingerprint density at radius 2 is 1.62 bits per heavy atom. The number of carbonyl (C=O) groups is 2. The summed E-state index contributed by atoms with van der Waals surface area (Å²) in [5, 5.41) is 3.19. The van der Waals surface area contributed by atoms with E-state index in [-0.39, 0.29) is 0 Å². The van der Waals surface area contributed by atoms with Crippen LogP contribution in [0.1, 0.15) is 20.8 Å². The average Bonchev–Trinajstić information content (AvgIpc) is 3.12. The summed E-state index contributed by atoms with van der Waals surface area (Å²) in [6, 6.07) is 12.9. The van der Waals surface area contributed by atoms with Gasteiger partial charge in [0.15, 0.2) is 11.5 Å². The summed E-state index contributed by atoms with van der Waals surface area (Å²) in [6.45, 7) is 1.89. The number of amides is 2. The van der Waals surface area contributed by atoms with Gasteiger partial charge in [-0.15, -0.1) is 11.3 Å². The number of aryl methyl sites for hydroxylation is 1. The highest BCUT2D eigenvalue weighted by Crippen LogP contribution is 2.40. The fraction of sp³-hybridized carbons (Fsp3) is 0.167. The maximum Gasteiger partial charge on any atom is 0.252 e. The van der Waals surface area contributed by atoms with E-state index in [2.05, 4.69) is 5.32 Å². The number of hydrogen-bond donors (Lipinski definition) is 2. The van der Waals surface area contributed by atoms with Crippen LogP contribution in [0.15, 0.2) is 48.5 Å². The Labute approximate surface area is 190 Å². The number of anilines is 1. The van der Waals surface area contributed by atoms with E-state index in [9.17, 15) is 9.59 Å². The third-order valence-corrected chi connectivity index (χ3v) is 5.76. The largest absolute Gasteiger partial charge is 0.493 e. The number of benzene rings is 2. The zero-order valence-electron chi connectivity index (χ0n) is 18.2. The van der Waals surface area contributed by atoms with E-state index in [1.54, 1.807) is 18.2 Å². The Hall–Kier alpha value is -3.78. The van der Waals surface area contributed by atoms with Gasteiger partial charge in [0, 0.05) is 16.5 Å². The maximum absolute atomic E-state index is 12.6. The molecule has 166 valence electrons. The van der Waals surface area contributed by atoms with Crippen LogP contribution in [0.25, 0.3) is 17.2 Å². The van der Waals surface area contributed by atoms with E-state index in [1.807, 2.05) is 37.3 Å². The number of ether oxygens (including phenoxy) is 3. The fourth-order valence-corrected chi connectivity index (χ4v) is 4.43. The summed E-state index contributed by atoms with van der Waals surface area (Å²) >= 11 is 1.31. The normalized spacial score (nSPS) is 10.8. The van der Waals surface area contributed by atoms with Crippen molar-refractivity contribution in [3.63, 3.8) is 0 Å². The van der Waals surface area contributed by atoms with Crippen LogP contribution in [0.5, 0.6) is 17.2 Å². The van der Waals surface area contributed by atoms with Crippen LogP contribution in [-0.4, -0.2) is 33.1 Å². The second kappa shape index (κ2) is 10.0. The first kappa shape index (κ1) is 22.9. The molecule has 0 aliphatic carbocycles. The van der Waals surface area contributed by atoms with Crippen molar-refractivity contribution in [1.82, 2.24) is 0 Å². The van der Waals surface area contributed by atoms with Crippen molar-refractivity contribution in [2.24, 2.45) is 5.73 Å². The van der Waals surface area contributed by atoms with Crippen LogP contribution in [0.2, 0.25) is 0 Å². The molecule has 1 heterocycles. The summed E-state index contributed by atoms with van der Waals surface area (Å²) in [5.41, 5.74) is 8.23. The molecule has 3 rings (SSSR count). The fourth-order valence-electron chi connectivity index (χ4n) is 3.34. The number of rotatable bonds is 8. The highest BCUT2D eigenvalue weighted by atomic mass is 32.1. The monoisotopic (exact) mass is 452 g/mol. The topological polar surface area (TPSA) is 99.9 Å². The van der Waals surface area contributed by atoms with Gasteiger partial charge in [-0.3, -0.25) is 9.59 Å². The van der Waals surface area contributed by atoms with Gasteiger partial charge in [-0.25, -0.2) is 0 Å². The van der Waals surface area contributed by atoms with Crippen LogP contribution in [0, 0.1) is 6.92 Å². The zero-order valence-corrected chi connectivity index (χ0v) is 19.0. The predicted octanol–water partition coefficient (Wildman–Crippen LogP) is 4.50. The van der Waals surface area contributed by atoms with E-state index in [0.717, 1.165) is 16.0 Å². The highest BCUT2D eigenvalue weighted by Gasteiger charge is 2.22. The summed E-state index contributed by atoms with van der Waals surface area (Å²) in [5.74, 6) is 0.415. The van der Waals surface area contributed by atoms with Crippen LogP contribution in [-0.2, 0) is 4.79 Å². The van der Waals surface area contributed by atoms with Crippen LogP contribution in [0.4, 0.5) is 5.00 Å². The van der Waals surface area contributed by atoms with Gasteiger partial charge in [0.05, 0.1) is 26.9 Å². The lowest BCUT2D eigenvalue weighted by Crippen LogP contribution is -2.16. The number of primary amides is 1. The minimum absolute atomic E-state index is 0.299. The number of carbonyl (C=O) groups excluding carboxylic acids is 2. The second-order valence-corrected chi connectivity index (χ2v) is 7.97. The Morgan fingerprint density at radius 3 is 2.16 bits per heavy atom. The number of methoxy groups -OCH3 is 3. The van der Waals surface area contributed by atoms with Crippen molar-refractivity contribution >= 4 is 34.2 Å². The first-order chi connectivity index (χ1) is 15.4. The third kappa shape index (κ3) is 4.76. The molecule has 0 aliphatic rings. The Morgan fingerprint density at radius 1 is 1.00 bits per heavy atom. The molecule has 0 fully saturated rings. The SMILES string of the molecule is COc1cc(/C=C/C(=O)Nc2sc(C)c(-c3ccccc3)c2C(N)=O)cc(OC)c1OC. The maximum atomic E-state index is 12.6. The Kier molecular flexibility index (Phi) is 7.17. The quantitative estimate of drug-likeness (QED) is 0.490. The molecule has 0 bridgehead atoms. The minimum atomic E-state index is -0.600. The van der Waals surface area contributed by atoms with Crippen molar-refractivity contribution in [3.05, 3.63) is 64.5 Å². The van der Waals surface area contributed by atoms with E-state index in [1.165, 1.54) is 38.7 Å². The molecule has 2 aromatic carbocycles. The van der Waals surface area contributed by atoms with E-state index in [4.69, 9.17) is 19.9 Å². The van der Waals surface area contributed by atoms with E-state index >= 15 is 0 Å². The third-order valence-electron chi connectivity index (χ3n) is 4.74. The number of nitrogens with two attached hydrogens (primary N) is 1. The molecular weight excluding hydrogens is 428 g/mol. The van der Waals surface area contributed by atoms with Gasteiger partial charge < -0.3 is 25.3 Å². The zero-order chi connectivity index (χ0) is 23.3. The molecule has 0 aliphatic heterocycles. The minimum Gasteiger partial charge on any atom is -0.493 e. The molecule has 3 aromatic rings. The van der Waals surface area contributed by atoms with Crippen molar-refractivity contribution in [3.8, 4) is 28.4 Å². The van der Waals surface area contributed by atoms with E-state index < -0.39 is 11.8 Å². The molecule has 2 amide bonds. The summed E-state index contributed by atoms with van der Waals surface area (Å²) in [7, 11) is 4.56. The van der Waals surface area contributed by atoms with E-state index in [0.29, 0.717) is 33.4 Å². The highest BCUT2D eigenvalue weighted by molar-refractivity contribution is 7.17. The van der Waals surface area contributed by atoms with Gasteiger partial charge in [0.2, 0.25) is 11.7 Å². The number of nitrogens with one attached hydrogen (secondary N) is 1. The Bertz CT molecular complexity index is 1140. The van der Waals surface area contributed by atoms with Gasteiger partial charge in [-0.05, 0) is 36.3 Å². The Balaban J connectivity index is 1.89. The molecule has 0 unspecified atom stereocenters. The van der Waals surface area contributed by atoms with Crippen molar-refractivity contribution in [1.29, 1.82) is 0 Å². The van der Waals surface area contributed by atoms with Crippen molar-refractivity contribution < 1.29 is 23.8 Å². The molecule has 7 nitrogen and oxygen atoms in total. The summed E-state index contributed by atoms with van der Waals surface area (Å²) < 4.78 is 16.0. The predicted molar refractivity (Wildman–Crippen MR) is 127 cm³/mol. The first-order valence-electron chi connectivity index (χ1n) is 9.67. The molecule has 32 heavy (non-hydrogen) atoms. The molecule has 0 atom stereocenters.